The lowest BCUT2D eigenvalue weighted by atomic mass is 10.1. The van der Waals surface area contributed by atoms with Gasteiger partial charge in [-0.1, -0.05) is 0 Å². The van der Waals surface area contributed by atoms with Crippen molar-refractivity contribution in [2.45, 2.75) is 18.9 Å². The second-order valence-electron chi connectivity index (χ2n) is 7.00. The summed E-state index contributed by atoms with van der Waals surface area (Å²) in [5.41, 5.74) is 7.21. The predicted molar refractivity (Wildman–Crippen MR) is 105 cm³/mol. The molecule has 0 spiro atoms. The van der Waals surface area contributed by atoms with Crippen molar-refractivity contribution in [2.75, 3.05) is 30.1 Å². The van der Waals surface area contributed by atoms with Crippen molar-refractivity contribution in [1.82, 2.24) is 15.0 Å². The Balaban J connectivity index is 1.58. The molecule has 0 radical (unpaired) electrons. The Morgan fingerprint density at radius 3 is 3.04 bits per heavy atom. The number of pyridine rings is 1. The van der Waals surface area contributed by atoms with Crippen LogP contribution in [0.3, 0.4) is 0 Å². The van der Waals surface area contributed by atoms with Crippen molar-refractivity contribution in [3.63, 3.8) is 0 Å². The lowest BCUT2D eigenvalue weighted by Gasteiger charge is -2.32. The van der Waals surface area contributed by atoms with Crippen LogP contribution in [-0.4, -0.2) is 40.9 Å². The molecular formula is C19H20N6O3. The van der Waals surface area contributed by atoms with Crippen LogP contribution in [0.2, 0.25) is 0 Å². The van der Waals surface area contributed by atoms with Crippen LogP contribution in [0.5, 0.6) is 11.5 Å². The van der Waals surface area contributed by atoms with E-state index in [0.29, 0.717) is 28.2 Å². The van der Waals surface area contributed by atoms with Crippen LogP contribution >= 0.6 is 0 Å². The van der Waals surface area contributed by atoms with Gasteiger partial charge in [0.15, 0.2) is 11.5 Å². The fourth-order valence-corrected chi connectivity index (χ4v) is 3.66. The molecule has 2 aliphatic heterocycles. The van der Waals surface area contributed by atoms with Crippen LogP contribution in [-0.2, 0) is 0 Å². The molecule has 1 aromatic carbocycles. The second-order valence-corrected chi connectivity index (χ2v) is 7.00. The number of aromatic amines is 1. The molecule has 0 aliphatic carbocycles. The maximum atomic E-state index is 12.5. The Hall–Kier alpha value is -3.33. The van der Waals surface area contributed by atoms with Crippen LogP contribution in [0.15, 0.2) is 35.4 Å². The maximum Gasteiger partial charge on any atom is 0.262 e. The van der Waals surface area contributed by atoms with Crippen LogP contribution in [0, 0.1) is 0 Å². The Labute approximate surface area is 160 Å². The van der Waals surface area contributed by atoms with Gasteiger partial charge in [0.05, 0.1) is 11.8 Å². The number of nitrogens with one attached hydrogen (secondary N) is 2. The summed E-state index contributed by atoms with van der Waals surface area (Å²) in [6.07, 6.45) is 3.42. The lowest BCUT2D eigenvalue weighted by molar-refractivity contribution is 0.174. The summed E-state index contributed by atoms with van der Waals surface area (Å²) in [4.78, 5) is 26.3. The van der Waals surface area contributed by atoms with E-state index in [1.165, 1.54) is 6.33 Å². The molecule has 0 amide bonds. The number of fused-ring (bicyclic) bond motifs is 2. The SMILES string of the molecule is N[C@@H]1CCCN(c2cc3nc[nH]c(=O)c3c(Nc3ccc4c(c3)OCO4)n2)C1. The number of rotatable bonds is 3. The van der Waals surface area contributed by atoms with Gasteiger partial charge in [0.25, 0.3) is 5.56 Å². The molecule has 0 unspecified atom stereocenters. The molecule has 0 saturated carbocycles. The minimum atomic E-state index is -0.248. The first kappa shape index (κ1) is 16.8. The molecule has 4 N–H and O–H groups in total. The van der Waals surface area contributed by atoms with E-state index >= 15 is 0 Å². The number of hydrogen-bond acceptors (Lipinski definition) is 8. The molecule has 1 saturated heterocycles. The van der Waals surface area contributed by atoms with E-state index < -0.39 is 0 Å². The van der Waals surface area contributed by atoms with Gasteiger partial charge < -0.3 is 30.4 Å². The Kier molecular flexibility index (Phi) is 4.01. The molecule has 0 bridgehead atoms. The molecule has 9 nitrogen and oxygen atoms in total. The monoisotopic (exact) mass is 380 g/mol. The first-order valence-corrected chi connectivity index (χ1v) is 9.23. The number of aromatic nitrogens is 3. The van der Waals surface area contributed by atoms with Crippen molar-refractivity contribution in [3.05, 3.63) is 40.9 Å². The minimum absolute atomic E-state index is 0.114. The Bertz CT molecular complexity index is 1100. The molecule has 1 fully saturated rings. The van der Waals surface area contributed by atoms with Crippen molar-refractivity contribution >= 4 is 28.2 Å². The molecule has 2 aliphatic rings. The topological polar surface area (TPSA) is 118 Å². The van der Waals surface area contributed by atoms with E-state index in [1.807, 2.05) is 24.3 Å². The van der Waals surface area contributed by atoms with Gasteiger partial charge in [-0.25, -0.2) is 9.97 Å². The van der Waals surface area contributed by atoms with Gasteiger partial charge in [-0.3, -0.25) is 4.79 Å². The smallest absolute Gasteiger partial charge is 0.262 e. The normalized spacial score (nSPS) is 18.5. The number of H-pyrrole nitrogens is 1. The van der Waals surface area contributed by atoms with Gasteiger partial charge in [0, 0.05) is 37.0 Å². The van der Waals surface area contributed by atoms with Crippen molar-refractivity contribution in [2.24, 2.45) is 5.73 Å². The summed E-state index contributed by atoms with van der Waals surface area (Å²) < 4.78 is 10.8. The Morgan fingerprint density at radius 1 is 1.25 bits per heavy atom. The molecular weight excluding hydrogens is 360 g/mol. The van der Waals surface area contributed by atoms with Gasteiger partial charge >= 0.3 is 0 Å². The van der Waals surface area contributed by atoms with Gasteiger partial charge in [-0.2, -0.15) is 0 Å². The summed E-state index contributed by atoms with van der Waals surface area (Å²) in [7, 11) is 0. The molecule has 5 rings (SSSR count). The van der Waals surface area contributed by atoms with E-state index in [0.717, 1.165) is 37.4 Å². The summed E-state index contributed by atoms with van der Waals surface area (Å²) >= 11 is 0. The number of anilines is 3. The third kappa shape index (κ3) is 2.99. The van der Waals surface area contributed by atoms with Crippen LogP contribution in [0.1, 0.15) is 12.8 Å². The standard InChI is InChI=1S/C19H20N6O3/c20-11-2-1-5-25(8-11)16-7-13-17(19(26)22-9-21-13)18(24-16)23-12-3-4-14-15(6-12)28-10-27-14/h3-4,6-7,9,11H,1-2,5,8,10,20H2,(H,23,24)(H,21,22,26)/t11-/m1/s1. The summed E-state index contributed by atoms with van der Waals surface area (Å²) in [5.74, 6) is 2.54. The largest absolute Gasteiger partial charge is 0.454 e. The number of piperidine rings is 1. The summed E-state index contributed by atoms with van der Waals surface area (Å²) in [5, 5.41) is 3.65. The molecule has 28 heavy (non-hydrogen) atoms. The van der Waals surface area contributed by atoms with Crippen LogP contribution in [0.25, 0.3) is 10.9 Å². The minimum Gasteiger partial charge on any atom is -0.454 e. The van der Waals surface area contributed by atoms with E-state index in [-0.39, 0.29) is 18.4 Å². The molecule has 9 heteroatoms. The van der Waals surface area contributed by atoms with Crippen molar-refractivity contribution < 1.29 is 9.47 Å². The molecule has 2 aromatic heterocycles. The average molecular weight is 380 g/mol. The molecule has 3 aromatic rings. The highest BCUT2D eigenvalue weighted by Gasteiger charge is 2.21. The predicted octanol–water partition coefficient (Wildman–Crippen LogP) is 1.72. The maximum absolute atomic E-state index is 12.5. The highest BCUT2D eigenvalue weighted by molar-refractivity contribution is 5.92. The molecule has 144 valence electrons. The summed E-state index contributed by atoms with van der Waals surface area (Å²) in [6.45, 7) is 1.80. The molecule has 4 heterocycles. The van der Waals surface area contributed by atoms with E-state index in [4.69, 9.17) is 20.2 Å². The van der Waals surface area contributed by atoms with Gasteiger partial charge in [-0.05, 0) is 25.0 Å². The third-order valence-electron chi connectivity index (χ3n) is 5.03. The number of nitrogens with two attached hydrogens (primary N) is 1. The van der Waals surface area contributed by atoms with Gasteiger partial charge in [-0.15, -0.1) is 0 Å². The quantitative estimate of drug-likeness (QED) is 0.628. The number of benzene rings is 1. The van der Waals surface area contributed by atoms with E-state index in [1.54, 1.807) is 0 Å². The number of ether oxygens (including phenoxy) is 2. The first-order valence-electron chi connectivity index (χ1n) is 9.23. The highest BCUT2D eigenvalue weighted by atomic mass is 16.7. The van der Waals surface area contributed by atoms with Gasteiger partial charge in [0.2, 0.25) is 6.79 Å². The zero-order valence-corrected chi connectivity index (χ0v) is 15.1. The molecule has 1 atom stereocenters. The first-order chi connectivity index (χ1) is 13.7. The zero-order valence-electron chi connectivity index (χ0n) is 15.1. The van der Waals surface area contributed by atoms with E-state index in [9.17, 15) is 4.79 Å². The van der Waals surface area contributed by atoms with Crippen LogP contribution < -0.4 is 31.0 Å². The number of nitrogens with zero attached hydrogens (tertiary/aromatic N) is 3. The van der Waals surface area contributed by atoms with Crippen molar-refractivity contribution in [3.8, 4) is 11.5 Å². The lowest BCUT2D eigenvalue weighted by Crippen LogP contribution is -2.43. The summed E-state index contributed by atoms with van der Waals surface area (Å²) in [6, 6.07) is 7.46. The Morgan fingerprint density at radius 2 is 2.14 bits per heavy atom. The van der Waals surface area contributed by atoms with Crippen LogP contribution in [0.4, 0.5) is 17.3 Å². The van der Waals surface area contributed by atoms with Gasteiger partial charge in [0.1, 0.15) is 17.0 Å². The zero-order chi connectivity index (χ0) is 19.1. The average Bonchev–Trinajstić information content (AvgIpc) is 3.16. The third-order valence-corrected chi connectivity index (χ3v) is 5.03. The fourth-order valence-electron chi connectivity index (χ4n) is 3.66. The second kappa shape index (κ2) is 6.68. The highest BCUT2D eigenvalue weighted by Crippen LogP contribution is 2.35. The fraction of sp³-hybridized carbons (Fsp3) is 0.316. The van der Waals surface area contributed by atoms with Crippen molar-refractivity contribution in [1.29, 1.82) is 0 Å². The number of hydrogen-bond donors (Lipinski definition) is 3. The van der Waals surface area contributed by atoms with E-state index in [2.05, 4.69) is 20.2 Å².